The molecule has 1 aromatic carbocycles. The lowest BCUT2D eigenvalue weighted by atomic mass is 9.87. The Labute approximate surface area is 170 Å². The van der Waals surface area contributed by atoms with Gasteiger partial charge in [0.2, 0.25) is 5.91 Å². The highest BCUT2D eigenvalue weighted by Gasteiger charge is 2.49. The third-order valence-corrected chi connectivity index (χ3v) is 9.02. The standard InChI is InChI=1S/C20H26N2O4S2/c1-26-16-9-5-8-15(11-16)22-17-12-28(24,25)13-18(17)27-20(22)21-19(23)10-14-6-3-2-4-7-14/h5,8-9,11,14,17-18H,2-4,6-7,10,12-13H2,1H3/t17-,18+/m1/s1. The Morgan fingerprint density at radius 3 is 2.79 bits per heavy atom. The van der Waals surface area contributed by atoms with E-state index in [1.165, 1.54) is 31.0 Å². The van der Waals surface area contributed by atoms with E-state index in [-0.39, 0.29) is 28.7 Å². The van der Waals surface area contributed by atoms with Crippen LogP contribution in [0.3, 0.4) is 0 Å². The summed E-state index contributed by atoms with van der Waals surface area (Å²) >= 11 is 1.43. The topological polar surface area (TPSA) is 76.0 Å². The second kappa shape index (κ2) is 8.06. The first-order valence-electron chi connectivity index (χ1n) is 9.87. The summed E-state index contributed by atoms with van der Waals surface area (Å²) in [5.41, 5.74) is 0.820. The van der Waals surface area contributed by atoms with Crippen LogP contribution in [0.5, 0.6) is 5.75 Å². The van der Waals surface area contributed by atoms with E-state index in [1.54, 1.807) is 7.11 Å². The molecular formula is C20H26N2O4S2. The Bertz CT molecular complexity index is 878. The molecule has 3 aliphatic rings. The van der Waals surface area contributed by atoms with Crippen LogP contribution in [0, 0.1) is 5.92 Å². The van der Waals surface area contributed by atoms with Gasteiger partial charge in [0.15, 0.2) is 15.0 Å². The lowest BCUT2D eigenvalue weighted by Crippen LogP contribution is -2.37. The average molecular weight is 423 g/mol. The molecule has 1 amide bonds. The minimum absolute atomic E-state index is 0.0857. The van der Waals surface area contributed by atoms with Crippen molar-refractivity contribution in [1.82, 2.24) is 0 Å². The lowest BCUT2D eigenvalue weighted by molar-refractivity contribution is -0.118. The fraction of sp³-hybridized carbons (Fsp3) is 0.600. The quantitative estimate of drug-likeness (QED) is 0.741. The number of amidine groups is 1. The number of amides is 1. The molecule has 0 N–H and O–H groups in total. The van der Waals surface area contributed by atoms with Crippen LogP contribution < -0.4 is 9.64 Å². The maximum Gasteiger partial charge on any atom is 0.248 e. The van der Waals surface area contributed by atoms with E-state index < -0.39 is 9.84 Å². The molecule has 4 rings (SSSR count). The third kappa shape index (κ3) is 4.22. The van der Waals surface area contributed by atoms with Crippen LogP contribution in [-0.4, -0.2) is 49.4 Å². The number of fused-ring (bicyclic) bond motifs is 1. The predicted octanol–water partition coefficient (Wildman–Crippen LogP) is 3.27. The fourth-order valence-corrected chi connectivity index (χ4v) is 8.35. The van der Waals surface area contributed by atoms with Crippen molar-refractivity contribution < 1.29 is 17.9 Å². The molecule has 1 aromatic rings. The number of nitrogens with zero attached hydrogens (tertiary/aromatic N) is 2. The van der Waals surface area contributed by atoms with Crippen LogP contribution in [0.25, 0.3) is 0 Å². The number of thioether (sulfide) groups is 1. The molecule has 0 radical (unpaired) electrons. The molecule has 1 aliphatic carbocycles. The van der Waals surface area contributed by atoms with E-state index in [1.807, 2.05) is 29.2 Å². The smallest absolute Gasteiger partial charge is 0.248 e. The van der Waals surface area contributed by atoms with E-state index in [4.69, 9.17) is 4.74 Å². The van der Waals surface area contributed by atoms with Crippen LogP contribution in [0.15, 0.2) is 29.3 Å². The van der Waals surface area contributed by atoms with Crippen molar-refractivity contribution in [3.05, 3.63) is 24.3 Å². The van der Waals surface area contributed by atoms with E-state index in [9.17, 15) is 13.2 Å². The molecule has 0 unspecified atom stereocenters. The molecular weight excluding hydrogens is 396 g/mol. The number of hydrogen-bond donors (Lipinski definition) is 0. The minimum atomic E-state index is -3.07. The van der Waals surface area contributed by atoms with Gasteiger partial charge in [0.05, 0.1) is 24.7 Å². The average Bonchev–Trinajstić information content (AvgIpc) is 3.13. The highest BCUT2D eigenvalue weighted by Crippen LogP contribution is 2.41. The lowest BCUT2D eigenvalue weighted by Gasteiger charge is -2.25. The van der Waals surface area contributed by atoms with Gasteiger partial charge in [-0.1, -0.05) is 37.1 Å². The third-order valence-electron chi connectivity index (χ3n) is 5.81. The number of hydrogen-bond acceptors (Lipinski definition) is 5. The number of sulfone groups is 1. The Morgan fingerprint density at radius 2 is 2.04 bits per heavy atom. The van der Waals surface area contributed by atoms with Crippen molar-refractivity contribution >= 4 is 38.4 Å². The number of rotatable bonds is 4. The predicted molar refractivity (Wildman–Crippen MR) is 113 cm³/mol. The summed E-state index contributed by atoms with van der Waals surface area (Å²) in [5, 5.41) is 0.538. The summed E-state index contributed by atoms with van der Waals surface area (Å²) in [6.45, 7) is 0. The Kier molecular flexibility index (Phi) is 5.69. The van der Waals surface area contributed by atoms with E-state index >= 15 is 0 Å². The van der Waals surface area contributed by atoms with E-state index in [2.05, 4.69) is 4.99 Å². The van der Waals surface area contributed by atoms with Gasteiger partial charge in [0, 0.05) is 23.4 Å². The summed E-state index contributed by atoms with van der Waals surface area (Å²) in [7, 11) is -1.47. The van der Waals surface area contributed by atoms with Crippen molar-refractivity contribution in [3.8, 4) is 5.75 Å². The molecule has 2 aliphatic heterocycles. The molecule has 2 atom stereocenters. The maximum atomic E-state index is 12.6. The second-order valence-electron chi connectivity index (χ2n) is 7.87. The molecule has 1 saturated carbocycles. The monoisotopic (exact) mass is 422 g/mol. The van der Waals surface area contributed by atoms with Crippen molar-refractivity contribution in [1.29, 1.82) is 0 Å². The van der Waals surface area contributed by atoms with Crippen LogP contribution in [0.1, 0.15) is 38.5 Å². The first-order valence-corrected chi connectivity index (χ1v) is 12.6. The van der Waals surface area contributed by atoms with Gasteiger partial charge in [-0.3, -0.25) is 4.79 Å². The minimum Gasteiger partial charge on any atom is -0.497 e. The van der Waals surface area contributed by atoms with Gasteiger partial charge in [0.25, 0.3) is 0 Å². The van der Waals surface area contributed by atoms with Gasteiger partial charge < -0.3 is 9.64 Å². The largest absolute Gasteiger partial charge is 0.497 e. The normalized spacial score (nSPS) is 28.5. The SMILES string of the molecule is COc1cccc(N2C(=NC(=O)CC3CCCCC3)S[C@H]3CS(=O)(=O)C[C@H]32)c1. The van der Waals surface area contributed by atoms with Gasteiger partial charge in [-0.05, 0) is 30.9 Å². The zero-order valence-electron chi connectivity index (χ0n) is 16.0. The number of carbonyl (C=O) groups excluding carboxylic acids is 1. The molecule has 3 fully saturated rings. The second-order valence-corrected chi connectivity index (χ2v) is 11.2. The van der Waals surface area contributed by atoms with Crippen LogP contribution in [0.2, 0.25) is 0 Å². The van der Waals surface area contributed by atoms with E-state index in [0.717, 1.165) is 18.5 Å². The summed E-state index contributed by atoms with van der Waals surface area (Å²) in [5.74, 6) is 1.27. The van der Waals surface area contributed by atoms with Crippen molar-refractivity contribution in [2.75, 3.05) is 23.5 Å². The highest BCUT2D eigenvalue weighted by atomic mass is 32.2. The van der Waals surface area contributed by atoms with Gasteiger partial charge in [-0.15, -0.1) is 0 Å². The summed E-state index contributed by atoms with van der Waals surface area (Å²) in [6.07, 6.45) is 6.35. The summed E-state index contributed by atoms with van der Waals surface area (Å²) < 4.78 is 29.7. The van der Waals surface area contributed by atoms with Crippen LogP contribution in [0.4, 0.5) is 5.69 Å². The van der Waals surface area contributed by atoms with Gasteiger partial charge in [-0.2, -0.15) is 4.99 Å². The molecule has 6 nitrogen and oxygen atoms in total. The first-order chi connectivity index (χ1) is 13.4. The zero-order valence-corrected chi connectivity index (χ0v) is 17.7. The summed E-state index contributed by atoms with van der Waals surface area (Å²) in [4.78, 5) is 19.0. The Morgan fingerprint density at radius 1 is 1.25 bits per heavy atom. The number of anilines is 1. The van der Waals surface area contributed by atoms with Crippen LogP contribution in [-0.2, 0) is 14.6 Å². The molecule has 0 bridgehead atoms. The molecule has 28 heavy (non-hydrogen) atoms. The number of methoxy groups -OCH3 is 1. The molecule has 0 spiro atoms. The zero-order chi connectivity index (χ0) is 19.7. The molecule has 0 aromatic heterocycles. The molecule has 2 saturated heterocycles. The van der Waals surface area contributed by atoms with Gasteiger partial charge in [0.1, 0.15) is 5.75 Å². The number of ether oxygens (including phenoxy) is 1. The molecule has 8 heteroatoms. The number of benzene rings is 1. The van der Waals surface area contributed by atoms with E-state index in [0.29, 0.717) is 23.3 Å². The van der Waals surface area contributed by atoms with Crippen molar-refractivity contribution in [2.45, 2.75) is 49.8 Å². The van der Waals surface area contributed by atoms with Gasteiger partial charge >= 0.3 is 0 Å². The Balaban J connectivity index is 1.60. The highest BCUT2D eigenvalue weighted by molar-refractivity contribution is 8.16. The Hall–Kier alpha value is -1.54. The molecule has 2 heterocycles. The number of carbonyl (C=O) groups is 1. The first kappa shape index (κ1) is 19.8. The van der Waals surface area contributed by atoms with Crippen LogP contribution >= 0.6 is 11.8 Å². The summed E-state index contributed by atoms with van der Waals surface area (Å²) in [6, 6.07) is 7.31. The maximum absolute atomic E-state index is 12.6. The van der Waals surface area contributed by atoms with Crippen molar-refractivity contribution in [3.63, 3.8) is 0 Å². The van der Waals surface area contributed by atoms with Crippen molar-refractivity contribution in [2.24, 2.45) is 10.9 Å². The number of aliphatic imine (C=N–C) groups is 1. The van der Waals surface area contributed by atoms with Gasteiger partial charge in [-0.25, -0.2) is 8.42 Å². The molecule has 152 valence electrons. The fourth-order valence-electron chi connectivity index (χ4n) is 4.42.